The molecule has 0 saturated heterocycles. The van der Waals surface area contributed by atoms with Crippen molar-refractivity contribution in [2.24, 2.45) is 10.8 Å². The molecule has 0 amide bonds. The van der Waals surface area contributed by atoms with Gasteiger partial charge in [-0.1, -0.05) is 105 Å². The number of hydrogen-bond acceptors (Lipinski definition) is 4. The Labute approximate surface area is 232 Å². The molecule has 6 nitrogen and oxygen atoms in total. The first-order valence-electron chi connectivity index (χ1n) is 12.2. The van der Waals surface area contributed by atoms with Gasteiger partial charge in [0.1, 0.15) is 0 Å². The first-order valence-corrected chi connectivity index (χ1v) is 12.2. The second-order valence-electron chi connectivity index (χ2n) is 13.3. The maximum atomic E-state index is 11.4. The summed E-state index contributed by atoms with van der Waals surface area (Å²) in [7, 11) is 0. The van der Waals surface area contributed by atoms with Gasteiger partial charge < -0.3 is 20.4 Å². The van der Waals surface area contributed by atoms with Crippen molar-refractivity contribution in [3.63, 3.8) is 0 Å². The number of benzene rings is 2. The molecule has 0 saturated carbocycles. The van der Waals surface area contributed by atoms with Crippen LogP contribution >= 0.6 is 0 Å². The Balaban J connectivity index is 0.000000682. The normalized spacial score (nSPS) is 12.2. The fourth-order valence-electron chi connectivity index (χ4n) is 5.09. The van der Waals surface area contributed by atoms with E-state index in [1.54, 1.807) is 12.1 Å². The third-order valence-corrected chi connectivity index (χ3v) is 5.93. The van der Waals surface area contributed by atoms with Crippen molar-refractivity contribution in [3.05, 3.63) is 58.7 Å². The van der Waals surface area contributed by atoms with Crippen molar-refractivity contribution >= 4 is 11.9 Å². The molecule has 37 heavy (non-hydrogen) atoms. The second kappa shape index (κ2) is 12.4. The first kappa shape index (κ1) is 34.5. The van der Waals surface area contributed by atoms with Crippen LogP contribution in [0.2, 0.25) is 0 Å². The minimum atomic E-state index is -1.16. The SMILES string of the molecule is CC(C)(C)CC(C)(C)c1ccc([O-])c(C(=O)O)c1.CC(C)(C)CC(C)(C)c1ccc([O-])c(C(=O)O)c1.[Fe+2]. The van der Waals surface area contributed by atoms with E-state index in [1.165, 1.54) is 24.3 Å². The standard InChI is InChI=1S/2C15H22O3.Fe/c2*1-14(2,3)9-15(4,5)10-6-7-12(16)11(8-10)13(17)18;/h2*6-8,16H,9H2,1-5H3,(H,17,18);/q;;+2/p-2. The fraction of sp³-hybridized carbons (Fsp3) is 0.533. The van der Waals surface area contributed by atoms with Gasteiger partial charge in [-0.2, -0.15) is 0 Å². The molecule has 0 heterocycles. The van der Waals surface area contributed by atoms with Gasteiger partial charge >= 0.3 is 29.0 Å². The number of rotatable bonds is 6. The fourth-order valence-corrected chi connectivity index (χ4v) is 5.09. The largest absolute Gasteiger partial charge is 2.00 e. The Kier molecular flexibility index (Phi) is 11.5. The molecule has 0 atom stereocenters. The monoisotopic (exact) mass is 554 g/mol. The molecule has 0 aromatic heterocycles. The molecule has 0 fully saturated rings. The first-order chi connectivity index (χ1) is 16.1. The molecule has 0 aliphatic heterocycles. The molecule has 0 unspecified atom stereocenters. The zero-order valence-electron chi connectivity index (χ0n) is 23.8. The number of aromatic carboxylic acids is 2. The number of carboxylic acids is 2. The van der Waals surface area contributed by atoms with E-state index in [0.29, 0.717) is 0 Å². The second-order valence-corrected chi connectivity index (χ2v) is 13.3. The third kappa shape index (κ3) is 10.8. The quantitative estimate of drug-likeness (QED) is 0.402. The number of carbonyl (C=O) groups is 2. The van der Waals surface area contributed by atoms with E-state index in [2.05, 4.69) is 69.2 Å². The Bertz CT molecular complexity index is 1000. The van der Waals surface area contributed by atoms with Gasteiger partial charge in [0, 0.05) is 0 Å². The van der Waals surface area contributed by atoms with Crippen LogP contribution in [0.1, 0.15) is 114 Å². The molecule has 0 aliphatic carbocycles. The minimum absolute atomic E-state index is 0. The zero-order chi connectivity index (χ0) is 28.3. The third-order valence-electron chi connectivity index (χ3n) is 5.93. The van der Waals surface area contributed by atoms with Crippen molar-refractivity contribution in [1.82, 2.24) is 0 Å². The summed E-state index contributed by atoms with van der Waals surface area (Å²) in [5.41, 5.74) is 1.48. The molecule has 206 valence electrons. The van der Waals surface area contributed by atoms with Crippen molar-refractivity contribution in [2.45, 2.75) is 92.9 Å². The smallest absolute Gasteiger partial charge is 0.872 e. The van der Waals surface area contributed by atoms with Gasteiger partial charge in [-0.3, -0.25) is 0 Å². The molecular formula is C30H42FeO6. The van der Waals surface area contributed by atoms with E-state index in [0.717, 1.165) is 24.0 Å². The van der Waals surface area contributed by atoms with E-state index in [4.69, 9.17) is 10.2 Å². The zero-order valence-corrected chi connectivity index (χ0v) is 24.9. The van der Waals surface area contributed by atoms with Crippen molar-refractivity contribution in [1.29, 1.82) is 0 Å². The number of hydrogen-bond donors (Lipinski definition) is 2. The Morgan fingerprint density at radius 1 is 0.622 bits per heavy atom. The average molecular weight is 555 g/mol. The predicted octanol–water partition coefficient (Wildman–Crippen LogP) is 6.34. The molecule has 2 aromatic carbocycles. The van der Waals surface area contributed by atoms with Crippen LogP contribution in [0.4, 0.5) is 0 Å². The van der Waals surface area contributed by atoms with Crippen LogP contribution in [-0.2, 0) is 27.9 Å². The van der Waals surface area contributed by atoms with Gasteiger partial charge in [0.2, 0.25) is 0 Å². The van der Waals surface area contributed by atoms with E-state index in [-0.39, 0.29) is 49.9 Å². The molecule has 2 aromatic rings. The Morgan fingerprint density at radius 3 is 1.11 bits per heavy atom. The van der Waals surface area contributed by atoms with E-state index in [9.17, 15) is 19.8 Å². The maximum absolute atomic E-state index is 11.4. The van der Waals surface area contributed by atoms with Gasteiger partial charge in [-0.05, 0) is 57.8 Å². The Morgan fingerprint density at radius 2 is 0.892 bits per heavy atom. The average Bonchev–Trinajstić information content (AvgIpc) is 2.64. The van der Waals surface area contributed by atoms with Gasteiger partial charge in [0.25, 0.3) is 0 Å². The summed E-state index contributed by atoms with van der Waals surface area (Å²) in [6.07, 6.45) is 1.83. The summed E-state index contributed by atoms with van der Waals surface area (Å²) in [6, 6.07) is 9.19. The van der Waals surface area contributed by atoms with Gasteiger partial charge in [0.05, 0.1) is 11.1 Å². The van der Waals surface area contributed by atoms with Crippen LogP contribution in [0.25, 0.3) is 0 Å². The van der Waals surface area contributed by atoms with Crippen molar-refractivity contribution < 1.29 is 47.1 Å². The van der Waals surface area contributed by atoms with E-state index < -0.39 is 23.4 Å². The van der Waals surface area contributed by atoms with Crippen LogP contribution in [0, 0.1) is 10.8 Å². The van der Waals surface area contributed by atoms with Crippen LogP contribution in [0.15, 0.2) is 36.4 Å². The summed E-state index contributed by atoms with van der Waals surface area (Å²) >= 11 is 0. The van der Waals surface area contributed by atoms with Crippen LogP contribution in [0.3, 0.4) is 0 Å². The van der Waals surface area contributed by atoms with E-state index >= 15 is 0 Å². The molecule has 2 N–H and O–H groups in total. The summed E-state index contributed by atoms with van der Waals surface area (Å²) in [5, 5.41) is 40.9. The van der Waals surface area contributed by atoms with E-state index in [1.807, 2.05) is 0 Å². The summed E-state index contributed by atoms with van der Waals surface area (Å²) < 4.78 is 0. The van der Waals surface area contributed by atoms with Gasteiger partial charge in [-0.15, -0.1) is 0 Å². The molecule has 0 aliphatic rings. The summed E-state index contributed by atoms with van der Waals surface area (Å²) in [5.74, 6) is -3.18. The topological polar surface area (TPSA) is 121 Å². The molecular weight excluding hydrogens is 512 g/mol. The Hall–Kier alpha value is -2.50. The van der Waals surface area contributed by atoms with Crippen molar-refractivity contribution in [3.8, 4) is 11.5 Å². The molecule has 0 spiro atoms. The van der Waals surface area contributed by atoms with Crippen LogP contribution in [0.5, 0.6) is 11.5 Å². The molecule has 2 rings (SSSR count). The van der Waals surface area contributed by atoms with Gasteiger partial charge in [-0.25, -0.2) is 9.59 Å². The molecule has 0 bridgehead atoms. The van der Waals surface area contributed by atoms with Crippen LogP contribution in [-0.4, -0.2) is 22.2 Å². The van der Waals surface area contributed by atoms with Crippen molar-refractivity contribution in [2.75, 3.05) is 0 Å². The predicted molar refractivity (Wildman–Crippen MR) is 140 cm³/mol. The minimum Gasteiger partial charge on any atom is -0.872 e. The maximum Gasteiger partial charge on any atom is 2.00 e. The van der Waals surface area contributed by atoms with Gasteiger partial charge in [0.15, 0.2) is 0 Å². The molecule has 7 heteroatoms. The van der Waals surface area contributed by atoms with Crippen LogP contribution < -0.4 is 10.2 Å². The summed E-state index contributed by atoms with van der Waals surface area (Å²) in [6.45, 7) is 21.2. The summed E-state index contributed by atoms with van der Waals surface area (Å²) in [4.78, 5) is 22.0. The molecule has 0 radical (unpaired) electrons. The number of carboxylic acid groups (broad SMARTS) is 2.